The molecule has 1 unspecified atom stereocenters. The molecule has 3 rings (SSSR count). The Kier molecular flexibility index (Phi) is 4.29. The minimum Gasteiger partial charge on any atom is -0.493 e. The number of aromatic nitrogens is 3. The van der Waals surface area contributed by atoms with Gasteiger partial charge in [0.15, 0.2) is 17.3 Å². The summed E-state index contributed by atoms with van der Waals surface area (Å²) in [5.74, 6) is 2.91. The van der Waals surface area contributed by atoms with E-state index in [1.165, 1.54) is 0 Å². The molecule has 0 bridgehead atoms. The zero-order chi connectivity index (χ0) is 16.2. The number of benzene rings is 1. The predicted molar refractivity (Wildman–Crippen MR) is 84.3 cm³/mol. The van der Waals surface area contributed by atoms with Gasteiger partial charge in [-0.2, -0.15) is 0 Å². The van der Waals surface area contributed by atoms with Gasteiger partial charge in [0, 0.05) is 0 Å². The van der Waals surface area contributed by atoms with Gasteiger partial charge in [0.05, 0.1) is 26.0 Å². The second-order valence-corrected chi connectivity index (χ2v) is 4.84. The van der Waals surface area contributed by atoms with Crippen molar-refractivity contribution >= 4 is 0 Å². The highest BCUT2D eigenvalue weighted by Gasteiger charge is 2.17. The van der Waals surface area contributed by atoms with Crippen molar-refractivity contribution in [2.45, 2.75) is 13.0 Å². The first-order valence-electron chi connectivity index (χ1n) is 7.25. The first-order valence-corrected chi connectivity index (χ1v) is 7.25. The molecule has 7 nitrogen and oxygen atoms in total. The third kappa shape index (κ3) is 3.04. The SMILES string of the molecule is CCOc1cc(C(N)c2nc(-c3ccco3)n[nH]2)ccc1OC. The summed E-state index contributed by atoms with van der Waals surface area (Å²) in [6, 6.07) is 8.66. The molecule has 1 aromatic carbocycles. The molecule has 2 heterocycles. The monoisotopic (exact) mass is 314 g/mol. The number of furan rings is 1. The molecule has 0 saturated heterocycles. The lowest BCUT2D eigenvalue weighted by atomic mass is 10.1. The fourth-order valence-electron chi connectivity index (χ4n) is 2.24. The largest absolute Gasteiger partial charge is 0.493 e. The summed E-state index contributed by atoms with van der Waals surface area (Å²) in [6.07, 6.45) is 1.57. The number of nitrogens with one attached hydrogen (secondary N) is 1. The van der Waals surface area contributed by atoms with Crippen molar-refractivity contribution in [1.29, 1.82) is 0 Å². The van der Waals surface area contributed by atoms with Crippen LogP contribution in [-0.2, 0) is 0 Å². The Balaban J connectivity index is 1.88. The molecule has 1 atom stereocenters. The normalized spacial score (nSPS) is 12.1. The summed E-state index contributed by atoms with van der Waals surface area (Å²) in [5.41, 5.74) is 7.12. The summed E-state index contributed by atoms with van der Waals surface area (Å²) < 4.78 is 16.1. The number of nitrogens with zero attached hydrogens (tertiary/aromatic N) is 2. The molecule has 0 spiro atoms. The minimum absolute atomic E-state index is 0.462. The number of ether oxygens (including phenoxy) is 2. The number of rotatable bonds is 6. The summed E-state index contributed by atoms with van der Waals surface area (Å²) in [7, 11) is 1.60. The lowest BCUT2D eigenvalue weighted by Gasteiger charge is -2.14. The summed E-state index contributed by atoms with van der Waals surface area (Å²) in [6.45, 7) is 2.46. The van der Waals surface area contributed by atoms with Crippen LogP contribution in [0.3, 0.4) is 0 Å². The van der Waals surface area contributed by atoms with Gasteiger partial charge in [-0.15, -0.1) is 5.10 Å². The average Bonchev–Trinajstić information content (AvgIpc) is 3.25. The Morgan fingerprint density at radius 3 is 2.87 bits per heavy atom. The lowest BCUT2D eigenvalue weighted by molar-refractivity contribution is 0.310. The van der Waals surface area contributed by atoms with E-state index in [1.807, 2.05) is 25.1 Å². The zero-order valence-electron chi connectivity index (χ0n) is 12.9. The van der Waals surface area contributed by atoms with Crippen LogP contribution in [0.25, 0.3) is 11.6 Å². The highest BCUT2D eigenvalue weighted by molar-refractivity contribution is 5.47. The molecular formula is C16H18N4O3. The molecule has 0 aliphatic carbocycles. The third-order valence-electron chi connectivity index (χ3n) is 3.39. The Labute approximate surface area is 133 Å². The fraction of sp³-hybridized carbons (Fsp3) is 0.250. The highest BCUT2D eigenvalue weighted by Crippen LogP contribution is 2.31. The second-order valence-electron chi connectivity index (χ2n) is 4.84. The summed E-state index contributed by atoms with van der Waals surface area (Å²) in [5, 5.41) is 6.99. The molecule has 0 aliphatic heterocycles. The van der Waals surface area contributed by atoms with Crippen molar-refractivity contribution in [3.8, 4) is 23.1 Å². The van der Waals surface area contributed by atoms with Crippen LogP contribution in [-0.4, -0.2) is 28.9 Å². The van der Waals surface area contributed by atoms with Crippen molar-refractivity contribution < 1.29 is 13.9 Å². The number of H-pyrrole nitrogens is 1. The molecule has 7 heteroatoms. The second kappa shape index (κ2) is 6.53. The predicted octanol–water partition coefficient (Wildman–Crippen LogP) is 2.52. The Morgan fingerprint density at radius 1 is 1.30 bits per heavy atom. The van der Waals surface area contributed by atoms with Gasteiger partial charge in [0.1, 0.15) is 5.82 Å². The Bertz CT molecular complexity index is 767. The van der Waals surface area contributed by atoms with Crippen molar-refractivity contribution in [3.05, 3.63) is 48.0 Å². The average molecular weight is 314 g/mol. The van der Waals surface area contributed by atoms with Crippen molar-refractivity contribution in [2.24, 2.45) is 5.73 Å². The fourth-order valence-corrected chi connectivity index (χ4v) is 2.24. The van der Waals surface area contributed by atoms with Crippen molar-refractivity contribution in [1.82, 2.24) is 15.2 Å². The third-order valence-corrected chi connectivity index (χ3v) is 3.39. The molecule has 2 aromatic heterocycles. The quantitative estimate of drug-likeness (QED) is 0.725. The van der Waals surface area contributed by atoms with E-state index >= 15 is 0 Å². The maximum atomic E-state index is 6.28. The molecule has 0 aliphatic rings. The molecular weight excluding hydrogens is 296 g/mol. The first-order chi connectivity index (χ1) is 11.2. The van der Waals surface area contributed by atoms with E-state index in [0.29, 0.717) is 35.5 Å². The van der Waals surface area contributed by atoms with E-state index in [0.717, 1.165) is 5.56 Å². The van der Waals surface area contributed by atoms with E-state index in [1.54, 1.807) is 25.5 Å². The lowest BCUT2D eigenvalue weighted by Crippen LogP contribution is -2.14. The highest BCUT2D eigenvalue weighted by atomic mass is 16.5. The van der Waals surface area contributed by atoms with E-state index in [-0.39, 0.29) is 0 Å². The standard InChI is InChI=1S/C16H18N4O3/c1-3-22-13-9-10(6-7-11(13)21-2)14(17)16-18-15(19-20-16)12-5-4-8-23-12/h4-9,14H,3,17H2,1-2H3,(H,18,19,20). The molecule has 0 saturated carbocycles. The van der Waals surface area contributed by atoms with Gasteiger partial charge < -0.3 is 19.6 Å². The molecule has 0 radical (unpaired) electrons. The Morgan fingerprint density at radius 2 is 2.17 bits per heavy atom. The van der Waals surface area contributed by atoms with Crippen LogP contribution in [0.2, 0.25) is 0 Å². The van der Waals surface area contributed by atoms with Crippen LogP contribution in [0.1, 0.15) is 24.4 Å². The number of hydrogen-bond acceptors (Lipinski definition) is 6. The van der Waals surface area contributed by atoms with Crippen LogP contribution in [0.15, 0.2) is 41.0 Å². The van der Waals surface area contributed by atoms with Crippen LogP contribution in [0.5, 0.6) is 11.5 Å². The molecule has 3 N–H and O–H groups in total. The van der Waals surface area contributed by atoms with E-state index in [2.05, 4.69) is 15.2 Å². The smallest absolute Gasteiger partial charge is 0.216 e. The van der Waals surface area contributed by atoms with Gasteiger partial charge in [0.2, 0.25) is 5.82 Å². The zero-order valence-corrected chi connectivity index (χ0v) is 12.9. The van der Waals surface area contributed by atoms with Gasteiger partial charge in [-0.05, 0) is 36.8 Å². The van der Waals surface area contributed by atoms with Crippen LogP contribution < -0.4 is 15.2 Å². The first kappa shape index (κ1) is 15.1. The molecule has 120 valence electrons. The van der Waals surface area contributed by atoms with Gasteiger partial charge in [0.25, 0.3) is 0 Å². The van der Waals surface area contributed by atoms with Crippen LogP contribution in [0.4, 0.5) is 0 Å². The van der Waals surface area contributed by atoms with Gasteiger partial charge in [-0.25, -0.2) is 4.98 Å². The maximum absolute atomic E-state index is 6.28. The van der Waals surface area contributed by atoms with E-state index in [4.69, 9.17) is 19.6 Å². The van der Waals surface area contributed by atoms with E-state index < -0.39 is 6.04 Å². The van der Waals surface area contributed by atoms with Crippen molar-refractivity contribution in [2.75, 3.05) is 13.7 Å². The summed E-state index contributed by atoms with van der Waals surface area (Å²) >= 11 is 0. The van der Waals surface area contributed by atoms with Gasteiger partial charge in [-0.3, -0.25) is 5.10 Å². The van der Waals surface area contributed by atoms with Gasteiger partial charge in [-0.1, -0.05) is 6.07 Å². The topological polar surface area (TPSA) is 99.2 Å². The van der Waals surface area contributed by atoms with Gasteiger partial charge >= 0.3 is 0 Å². The molecule has 0 fully saturated rings. The van der Waals surface area contributed by atoms with Crippen molar-refractivity contribution in [3.63, 3.8) is 0 Å². The van der Waals surface area contributed by atoms with Crippen LogP contribution in [0, 0.1) is 0 Å². The maximum Gasteiger partial charge on any atom is 0.216 e. The molecule has 3 aromatic rings. The number of nitrogens with two attached hydrogens (primary N) is 1. The molecule has 23 heavy (non-hydrogen) atoms. The van der Waals surface area contributed by atoms with E-state index in [9.17, 15) is 0 Å². The van der Waals surface area contributed by atoms with Crippen LogP contribution >= 0.6 is 0 Å². The minimum atomic E-state index is -0.462. The molecule has 0 amide bonds. The number of aromatic amines is 1. The Hall–Kier alpha value is -2.80. The summed E-state index contributed by atoms with van der Waals surface area (Å²) in [4.78, 5) is 4.39. The number of hydrogen-bond donors (Lipinski definition) is 2. The number of methoxy groups -OCH3 is 1.